The van der Waals surface area contributed by atoms with Gasteiger partial charge in [-0.25, -0.2) is 4.68 Å². The number of hydrogen-bond acceptors (Lipinski definition) is 2. The lowest BCUT2D eigenvalue weighted by Gasteiger charge is -2.15. The highest BCUT2D eigenvalue weighted by Gasteiger charge is 2.11. The summed E-state index contributed by atoms with van der Waals surface area (Å²) in [5.41, 5.74) is 6.83. The van der Waals surface area contributed by atoms with E-state index in [-0.39, 0.29) is 0 Å². The number of benzene rings is 2. The molecule has 0 saturated heterocycles. The topological polar surface area (TPSA) is 30.7 Å². The summed E-state index contributed by atoms with van der Waals surface area (Å²) >= 11 is 0. The molecule has 0 saturated carbocycles. The number of aryl methyl sites for hydroxylation is 1. The average Bonchev–Trinajstić information content (AvgIpc) is 3.07. The van der Waals surface area contributed by atoms with E-state index in [0.717, 1.165) is 22.3 Å². The largest absolute Gasteiger partial charge is 0.256 e. The van der Waals surface area contributed by atoms with Crippen LogP contribution in [-0.4, -0.2) is 14.8 Å². The lowest BCUT2D eigenvalue weighted by molar-refractivity contribution is 0.802. The highest BCUT2D eigenvalue weighted by atomic mass is 15.3. The Morgan fingerprint density at radius 3 is 2.48 bits per heavy atom. The first kappa shape index (κ1) is 15.6. The number of rotatable bonds is 3. The third kappa shape index (κ3) is 2.93. The van der Waals surface area contributed by atoms with Gasteiger partial charge in [-0.1, -0.05) is 44.2 Å². The molecule has 0 spiro atoms. The summed E-state index contributed by atoms with van der Waals surface area (Å²) in [6, 6.07) is 19.2. The van der Waals surface area contributed by atoms with Crippen molar-refractivity contribution in [1.82, 2.24) is 14.8 Å². The minimum absolute atomic E-state index is 0.437. The van der Waals surface area contributed by atoms with E-state index in [9.17, 15) is 0 Å². The number of fused-ring (bicyclic) bond motifs is 1. The van der Waals surface area contributed by atoms with Gasteiger partial charge in [-0.05, 0) is 53.8 Å². The Hall–Kier alpha value is -2.94. The fraction of sp³-hybridized carbons (Fsp3) is 0.182. The van der Waals surface area contributed by atoms with Crippen LogP contribution in [0.5, 0.6) is 0 Å². The normalized spacial score (nSPS) is 11.4. The van der Waals surface area contributed by atoms with Gasteiger partial charge in [0.05, 0.1) is 16.9 Å². The summed E-state index contributed by atoms with van der Waals surface area (Å²) in [5.74, 6) is 0.437. The molecule has 2 aromatic heterocycles. The minimum atomic E-state index is 0.437. The van der Waals surface area contributed by atoms with Crippen molar-refractivity contribution in [2.45, 2.75) is 26.7 Å². The monoisotopic (exact) mass is 327 g/mol. The van der Waals surface area contributed by atoms with E-state index in [1.807, 2.05) is 36.1 Å². The number of hydrogen-bond donors (Lipinski definition) is 0. The van der Waals surface area contributed by atoms with Gasteiger partial charge in [-0.3, -0.25) is 4.98 Å². The molecule has 2 heterocycles. The molecule has 3 nitrogen and oxygen atoms in total. The van der Waals surface area contributed by atoms with Crippen molar-refractivity contribution in [3.05, 3.63) is 78.2 Å². The summed E-state index contributed by atoms with van der Waals surface area (Å²) in [6.07, 6.45) is 3.87. The van der Waals surface area contributed by atoms with Crippen molar-refractivity contribution >= 4 is 10.9 Å². The molecular weight excluding hydrogens is 306 g/mol. The third-order valence-corrected chi connectivity index (χ3v) is 4.56. The Balaban J connectivity index is 1.87. The van der Waals surface area contributed by atoms with Crippen LogP contribution in [-0.2, 0) is 0 Å². The second-order valence-electron chi connectivity index (χ2n) is 6.74. The SMILES string of the molecule is Cc1ccn(-c2cc(-c3ccc4cccnc4c3)ccc2C(C)C)n1. The van der Waals surface area contributed by atoms with Crippen molar-refractivity contribution in [3.63, 3.8) is 0 Å². The minimum Gasteiger partial charge on any atom is -0.256 e. The molecule has 0 aliphatic rings. The van der Waals surface area contributed by atoms with E-state index < -0.39 is 0 Å². The van der Waals surface area contributed by atoms with Crippen molar-refractivity contribution in [3.8, 4) is 16.8 Å². The third-order valence-electron chi connectivity index (χ3n) is 4.56. The Kier molecular flexibility index (Phi) is 3.85. The molecule has 3 heteroatoms. The summed E-state index contributed by atoms with van der Waals surface area (Å²) in [4.78, 5) is 4.48. The van der Waals surface area contributed by atoms with Gasteiger partial charge < -0.3 is 0 Å². The summed E-state index contributed by atoms with van der Waals surface area (Å²) in [7, 11) is 0. The molecule has 0 amide bonds. The molecule has 0 radical (unpaired) electrons. The maximum Gasteiger partial charge on any atom is 0.0708 e. The molecule has 124 valence electrons. The van der Waals surface area contributed by atoms with Crippen LogP contribution in [0.3, 0.4) is 0 Å². The predicted octanol–water partition coefficient (Wildman–Crippen LogP) is 5.52. The fourth-order valence-electron chi connectivity index (χ4n) is 3.21. The van der Waals surface area contributed by atoms with E-state index in [1.54, 1.807) is 0 Å². The molecule has 4 aromatic rings. The number of aromatic nitrogens is 3. The maximum absolute atomic E-state index is 4.61. The predicted molar refractivity (Wildman–Crippen MR) is 103 cm³/mol. The van der Waals surface area contributed by atoms with Gasteiger partial charge in [0.2, 0.25) is 0 Å². The van der Waals surface area contributed by atoms with E-state index in [0.29, 0.717) is 5.92 Å². The van der Waals surface area contributed by atoms with Crippen molar-refractivity contribution in [2.75, 3.05) is 0 Å². The van der Waals surface area contributed by atoms with Gasteiger partial charge in [-0.15, -0.1) is 0 Å². The Bertz CT molecular complexity index is 1040. The van der Waals surface area contributed by atoms with Crippen molar-refractivity contribution in [1.29, 1.82) is 0 Å². The zero-order chi connectivity index (χ0) is 17.4. The van der Waals surface area contributed by atoms with E-state index in [2.05, 4.69) is 66.4 Å². The standard InChI is InChI=1S/C22H21N3/c1-15(2)20-9-8-19(14-22(20)25-12-10-16(3)24-25)18-7-6-17-5-4-11-23-21(17)13-18/h4-15H,1-3H3. The van der Waals surface area contributed by atoms with Gasteiger partial charge in [-0.2, -0.15) is 5.10 Å². The van der Waals surface area contributed by atoms with Gasteiger partial charge in [0.15, 0.2) is 0 Å². The van der Waals surface area contributed by atoms with E-state index in [1.165, 1.54) is 16.7 Å². The highest BCUT2D eigenvalue weighted by molar-refractivity contribution is 5.84. The lowest BCUT2D eigenvalue weighted by Crippen LogP contribution is -2.02. The van der Waals surface area contributed by atoms with Crippen LogP contribution < -0.4 is 0 Å². The van der Waals surface area contributed by atoms with Gasteiger partial charge in [0, 0.05) is 17.8 Å². The molecular formula is C22H21N3. The molecule has 0 N–H and O–H groups in total. The lowest BCUT2D eigenvalue weighted by atomic mass is 9.96. The number of nitrogens with zero attached hydrogens (tertiary/aromatic N) is 3. The smallest absolute Gasteiger partial charge is 0.0708 e. The Morgan fingerprint density at radius 1 is 0.920 bits per heavy atom. The first-order chi connectivity index (χ1) is 12.1. The molecule has 0 unspecified atom stereocenters. The van der Waals surface area contributed by atoms with E-state index in [4.69, 9.17) is 0 Å². The number of pyridine rings is 1. The zero-order valence-corrected chi connectivity index (χ0v) is 14.8. The fourth-order valence-corrected chi connectivity index (χ4v) is 3.21. The van der Waals surface area contributed by atoms with Gasteiger partial charge >= 0.3 is 0 Å². The van der Waals surface area contributed by atoms with E-state index >= 15 is 0 Å². The molecule has 2 aromatic carbocycles. The van der Waals surface area contributed by atoms with Crippen LogP contribution in [0, 0.1) is 6.92 Å². The molecule has 0 fully saturated rings. The summed E-state index contributed by atoms with van der Waals surface area (Å²) < 4.78 is 1.98. The van der Waals surface area contributed by atoms with Crippen molar-refractivity contribution < 1.29 is 0 Å². The Labute approximate surface area is 148 Å². The van der Waals surface area contributed by atoms with Crippen LogP contribution in [0.4, 0.5) is 0 Å². The molecule has 25 heavy (non-hydrogen) atoms. The van der Waals surface area contributed by atoms with Crippen LogP contribution >= 0.6 is 0 Å². The molecule has 0 atom stereocenters. The maximum atomic E-state index is 4.61. The quantitative estimate of drug-likeness (QED) is 0.496. The molecule has 0 aliphatic carbocycles. The van der Waals surface area contributed by atoms with Gasteiger partial charge in [0.25, 0.3) is 0 Å². The molecule has 4 rings (SSSR count). The Morgan fingerprint density at radius 2 is 1.72 bits per heavy atom. The first-order valence-electron chi connectivity index (χ1n) is 8.63. The van der Waals surface area contributed by atoms with Crippen LogP contribution in [0.25, 0.3) is 27.7 Å². The molecule has 0 aliphatic heterocycles. The summed E-state index contributed by atoms with van der Waals surface area (Å²) in [5, 5.41) is 5.77. The second-order valence-corrected chi connectivity index (χ2v) is 6.74. The average molecular weight is 327 g/mol. The zero-order valence-electron chi connectivity index (χ0n) is 14.8. The van der Waals surface area contributed by atoms with Crippen LogP contribution in [0.1, 0.15) is 31.0 Å². The second kappa shape index (κ2) is 6.17. The van der Waals surface area contributed by atoms with Crippen LogP contribution in [0.15, 0.2) is 67.0 Å². The first-order valence-corrected chi connectivity index (χ1v) is 8.63. The van der Waals surface area contributed by atoms with Crippen LogP contribution in [0.2, 0.25) is 0 Å². The highest BCUT2D eigenvalue weighted by Crippen LogP contribution is 2.30. The summed E-state index contributed by atoms with van der Waals surface area (Å²) in [6.45, 7) is 6.45. The van der Waals surface area contributed by atoms with Crippen molar-refractivity contribution in [2.24, 2.45) is 0 Å². The van der Waals surface area contributed by atoms with Gasteiger partial charge in [0.1, 0.15) is 0 Å². The molecule has 0 bridgehead atoms.